The van der Waals surface area contributed by atoms with E-state index in [9.17, 15) is 18.0 Å². The van der Waals surface area contributed by atoms with E-state index in [1.165, 1.54) is 6.42 Å². The van der Waals surface area contributed by atoms with E-state index in [-0.39, 0.29) is 17.7 Å². The standard InChI is InChI=1S/C30H29ClF3N3O2/c1-19-13-20(7-8-24(19)27(38)16-29(2)9-4-10-29)26-17-36-28-25(35-12-11-30(32,33)34)15-23(18-37(26)28)39-22-6-3-5-21(31)14-22/h3,5-8,13-15,17-18,35H,4,9-12,16H2,1-2H3. The number of anilines is 1. The minimum atomic E-state index is -4.29. The number of rotatable bonds is 9. The monoisotopic (exact) mass is 555 g/mol. The smallest absolute Gasteiger partial charge is 0.390 e. The number of aryl methyl sites for hydroxylation is 1. The number of aromatic nitrogens is 2. The van der Waals surface area contributed by atoms with Crippen LogP contribution >= 0.6 is 11.6 Å². The number of alkyl halides is 3. The fraction of sp³-hybridized carbons (Fsp3) is 0.333. The molecule has 2 aromatic carbocycles. The van der Waals surface area contributed by atoms with Crippen LogP contribution in [-0.2, 0) is 0 Å². The summed E-state index contributed by atoms with van der Waals surface area (Å²) in [6, 6.07) is 14.2. The summed E-state index contributed by atoms with van der Waals surface area (Å²) in [6.07, 6.45) is 2.00. The maximum Gasteiger partial charge on any atom is 0.390 e. The van der Waals surface area contributed by atoms with Gasteiger partial charge >= 0.3 is 6.18 Å². The van der Waals surface area contributed by atoms with E-state index in [1.54, 1.807) is 47.1 Å². The number of fused-ring (bicyclic) bond motifs is 1. The molecule has 1 aliphatic carbocycles. The largest absolute Gasteiger partial charge is 0.456 e. The molecule has 5 nitrogen and oxygen atoms in total. The van der Waals surface area contributed by atoms with Gasteiger partial charge in [-0.2, -0.15) is 13.2 Å². The number of pyridine rings is 1. The van der Waals surface area contributed by atoms with E-state index < -0.39 is 12.6 Å². The third kappa shape index (κ3) is 6.22. The number of hydrogen-bond acceptors (Lipinski definition) is 4. The minimum absolute atomic E-state index is 0.0960. The number of imidazole rings is 1. The van der Waals surface area contributed by atoms with Crippen LogP contribution in [0.15, 0.2) is 60.9 Å². The SMILES string of the molecule is Cc1cc(-c2cnc3c(NCCC(F)(F)F)cc(Oc4cccc(Cl)c4)cn23)ccc1C(=O)CC1(C)CCC1. The van der Waals surface area contributed by atoms with Gasteiger partial charge in [0.15, 0.2) is 11.4 Å². The van der Waals surface area contributed by atoms with Gasteiger partial charge < -0.3 is 10.1 Å². The lowest BCUT2D eigenvalue weighted by Gasteiger charge is -2.37. The van der Waals surface area contributed by atoms with Crippen molar-refractivity contribution in [2.24, 2.45) is 5.41 Å². The molecule has 0 radical (unpaired) electrons. The predicted octanol–water partition coefficient (Wildman–Crippen LogP) is 8.88. The lowest BCUT2D eigenvalue weighted by atomic mass is 9.67. The van der Waals surface area contributed by atoms with Crippen molar-refractivity contribution in [1.82, 2.24) is 9.38 Å². The van der Waals surface area contributed by atoms with Crippen LogP contribution in [0.1, 0.15) is 54.9 Å². The van der Waals surface area contributed by atoms with Gasteiger partial charge in [-0.3, -0.25) is 9.20 Å². The van der Waals surface area contributed by atoms with E-state index >= 15 is 0 Å². The zero-order valence-corrected chi connectivity index (χ0v) is 22.5. The quantitative estimate of drug-likeness (QED) is 0.209. The Hall–Kier alpha value is -3.52. The van der Waals surface area contributed by atoms with Crippen LogP contribution in [0, 0.1) is 12.3 Å². The Bertz CT molecular complexity index is 1530. The van der Waals surface area contributed by atoms with Gasteiger partial charge in [0.1, 0.15) is 11.5 Å². The molecule has 2 heterocycles. The molecule has 0 saturated heterocycles. The van der Waals surface area contributed by atoms with Gasteiger partial charge in [-0.05, 0) is 55.0 Å². The van der Waals surface area contributed by atoms with Crippen molar-refractivity contribution in [3.8, 4) is 22.8 Å². The summed E-state index contributed by atoms with van der Waals surface area (Å²) in [5.41, 5.74) is 4.08. The highest BCUT2D eigenvalue weighted by Crippen LogP contribution is 2.44. The number of halogens is 4. The van der Waals surface area contributed by atoms with Crippen molar-refractivity contribution >= 4 is 28.7 Å². The lowest BCUT2D eigenvalue weighted by Crippen LogP contribution is -2.28. The van der Waals surface area contributed by atoms with E-state index in [1.807, 2.05) is 25.1 Å². The summed E-state index contributed by atoms with van der Waals surface area (Å²) in [7, 11) is 0. The zero-order valence-electron chi connectivity index (χ0n) is 21.7. The van der Waals surface area contributed by atoms with Crippen molar-refractivity contribution in [3.63, 3.8) is 0 Å². The number of ketones is 1. The molecule has 0 spiro atoms. The fourth-order valence-electron chi connectivity index (χ4n) is 5.04. The third-order valence-electron chi connectivity index (χ3n) is 7.31. The highest BCUT2D eigenvalue weighted by molar-refractivity contribution is 6.30. The Kier molecular flexibility index (Phi) is 7.33. The molecule has 9 heteroatoms. The van der Waals surface area contributed by atoms with Gasteiger partial charge in [0, 0.05) is 35.2 Å². The summed E-state index contributed by atoms with van der Waals surface area (Å²) in [4.78, 5) is 17.5. The first-order valence-electron chi connectivity index (χ1n) is 12.9. The van der Waals surface area contributed by atoms with Gasteiger partial charge in [-0.1, -0.05) is 43.1 Å². The molecule has 0 aliphatic heterocycles. The number of nitrogens with zero attached hydrogens (tertiary/aromatic N) is 2. The fourth-order valence-corrected chi connectivity index (χ4v) is 5.22. The molecule has 204 valence electrons. The van der Waals surface area contributed by atoms with Crippen molar-refractivity contribution in [3.05, 3.63) is 77.1 Å². The molecule has 1 fully saturated rings. The van der Waals surface area contributed by atoms with E-state index in [4.69, 9.17) is 16.3 Å². The maximum atomic E-state index is 13.0. The Balaban J connectivity index is 1.49. The molecular formula is C30H29ClF3N3O2. The first kappa shape index (κ1) is 27.1. The minimum Gasteiger partial charge on any atom is -0.456 e. The molecule has 2 aromatic heterocycles. The summed E-state index contributed by atoms with van der Waals surface area (Å²) < 4.78 is 46.3. The van der Waals surface area contributed by atoms with Gasteiger partial charge in [-0.15, -0.1) is 0 Å². The second kappa shape index (κ2) is 10.6. The molecular weight excluding hydrogens is 527 g/mol. The maximum absolute atomic E-state index is 13.0. The number of hydrogen-bond donors (Lipinski definition) is 1. The first-order valence-corrected chi connectivity index (χ1v) is 13.3. The van der Waals surface area contributed by atoms with Crippen LogP contribution < -0.4 is 10.1 Å². The van der Waals surface area contributed by atoms with Gasteiger partial charge in [0.05, 0.1) is 30.2 Å². The van der Waals surface area contributed by atoms with Crippen LogP contribution in [0.3, 0.4) is 0 Å². The van der Waals surface area contributed by atoms with Crippen LogP contribution in [0.4, 0.5) is 18.9 Å². The average Bonchev–Trinajstić information content (AvgIpc) is 3.26. The number of ether oxygens (including phenoxy) is 1. The molecule has 4 aromatic rings. The lowest BCUT2D eigenvalue weighted by molar-refractivity contribution is -0.131. The van der Waals surface area contributed by atoms with E-state index in [0.29, 0.717) is 45.5 Å². The summed E-state index contributed by atoms with van der Waals surface area (Å²) in [5, 5.41) is 3.36. The summed E-state index contributed by atoms with van der Waals surface area (Å²) >= 11 is 6.09. The van der Waals surface area contributed by atoms with E-state index in [2.05, 4.69) is 17.2 Å². The average molecular weight is 556 g/mol. The molecule has 0 bridgehead atoms. The van der Waals surface area contributed by atoms with Gasteiger partial charge in [0.25, 0.3) is 0 Å². The summed E-state index contributed by atoms with van der Waals surface area (Å²) in [5.74, 6) is 1.03. The van der Waals surface area contributed by atoms with Crippen LogP contribution in [-0.4, -0.2) is 27.9 Å². The topological polar surface area (TPSA) is 55.6 Å². The highest BCUT2D eigenvalue weighted by Gasteiger charge is 2.34. The number of nitrogens with one attached hydrogen (secondary N) is 1. The van der Waals surface area contributed by atoms with Gasteiger partial charge in [-0.25, -0.2) is 4.98 Å². The Morgan fingerprint density at radius 3 is 2.62 bits per heavy atom. The van der Waals surface area contributed by atoms with Gasteiger partial charge in [0.2, 0.25) is 0 Å². The predicted molar refractivity (Wildman–Crippen MR) is 147 cm³/mol. The Labute approximate surface area is 230 Å². The number of benzene rings is 2. The van der Waals surface area contributed by atoms with Crippen LogP contribution in [0.25, 0.3) is 16.9 Å². The number of carbonyl (C=O) groups excluding carboxylic acids is 1. The number of carbonyl (C=O) groups is 1. The second-order valence-corrected chi connectivity index (χ2v) is 11.0. The van der Waals surface area contributed by atoms with Crippen LogP contribution in [0.2, 0.25) is 5.02 Å². The molecule has 5 rings (SSSR count). The van der Waals surface area contributed by atoms with Crippen LogP contribution in [0.5, 0.6) is 11.5 Å². The van der Waals surface area contributed by atoms with Crippen molar-refractivity contribution in [2.75, 3.05) is 11.9 Å². The highest BCUT2D eigenvalue weighted by atomic mass is 35.5. The van der Waals surface area contributed by atoms with Crippen molar-refractivity contribution in [1.29, 1.82) is 0 Å². The first-order chi connectivity index (χ1) is 18.5. The molecule has 1 N–H and O–H groups in total. The molecule has 0 atom stereocenters. The molecule has 0 unspecified atom stereocenters. The molecule has 1 aliphatic rings. The second-order valence-electron chi connectivity index (χ2n) is 10.6. The molecule has 1 saturated carbocycles. The molecule has 0 amide bonds. The van der Waals surface area contributed by atoms with E-state index in [0.717, 1.165) is 24.0 Å². The third-order valence-corrected chi connectivity index (χ3v) is 7.54. The molecule has 39 heavy (non-hydrogen) atoms. The zero-order chi connectivity index (χ0) is 27.8. The van der Waals surface area contributed by atoms with Crippen molar-refractivity contribution in [2.45, 2.75) is 52.1 Å². The van der Waals surface area contributed by atoms with Crippen molar-refractivity contribution < 1.29 is 22.7 Å². The Morgan fingerprint density at radius 2 is 1.95 bits per heavy atom. The normalized spacial score (nSPS) is 14.7. The Morgan fingerprint density at radius 1 is 1.15 bits per heavy atom. The summed E-state index contributed by atoms with van der Waals surface area (Å²) in [6.45, 7) is 3.78. The number of Topliss-reactive ketones (excluding diaryl/α,β-unsaturated/α-hetero) is 1.